The van der Waals surface area contributed by atoms with E-state index in [0.717, 1.165) is 15.6 Å². The van der Waals surface area contributed by atoms with Crippen LogP contribution in [0.4, 0.5) is 0 Å². The van der Waals surface area contributed by atoms with Gasteiger partial charge in [-0.1, -0.05) is 23.7 Å². The number of hydrogen-bond acceptors (Lipinski definition) is 4. The molecule has 0 aliphatic carbocycles. The molecule has 0 saturated carbocycles. The molecule has 0 spiro atoms. The molecule has 0 aliphatic rings. The first kappa shape index (κ1) is 15.7. The summed E-state index contributed by atoms with van der Waals surface area (Å²) in [4.78, 5) is 19.4. The normalized spacial score (nSPS) is 10.7. The van der Waals surface area contributed by atoms with E-state index < -0.39 is 0 Å². The van der Waals surface area contributed by atoms with Crippen LogP contribution in [0.2, 0.25) is 5.02 Å². The molecule has 1 amide bonds. The van der Waals surface area contributed by atoms with E-state index in [2.05, 4.69) is 10.1 Å². The molecule has 0 unspecified atom stereocenters. The van der Waals surface area contributed by atoms with Crippen molar-refractivity contribution in [3.8, 4) is 5.69 Å². The number of aromatic nitrogens is 3. The predicted molar refractivity (Wildman–Crippen MR) is 91.2 cm³/mol. The van der Waals surface area contributed by atoms with Gasteiger partial charge in [-0.3, -0.25) is 4.79 Å². The molecule has 3 aromatic rings. The Morgan fingerprint density at radius 2 is 2.13 bits per heavy atom. The van der Waals surface area contributed by atoms with Gasteiger partial charge >= 0.3 is 0 Å². The van der Waals surface area contributed by atoms with Gasteiger partial charge in [-0.2, -0.15) is 5.10 Å². The molecule has 118 valence electrons. The van der Waals surface area contributed by atoms with Crippen molar-refractivity contribution in [2.45, 2.75) is 13.5 Å². The quantitative estimate of drug-likeness (QED) is 0.725. The molecule has 0 radical (unpaired) electrons. The summed E-state index contributed by atoms with van der Waals surface area (Å²) in [6, 6.07) is 7.38. The molecule has 0 saturated heterocycles. The summed E-state index contributed by atoms with van der Waals surface area (Å²) in [5.74, 6) is -0.0886. The summed E-state index contributed by atoms with van der Waals surface area (Å²) < 4.78 is 1.61. The fraction of sp³-hybridized carbons (Fsp3) is 0.188. The molecule has 7 heteroatoms. The van der Waals surface area contributed by atoms with E-state index in [1.165, 1.54) is 0 Å². The molecule has 0 fully saturated rings. The first-order chi connectivity index (χ1) is 11.0. The predicted octanol–water partition coefficient (Wildman–Crippen LogP) is 3.56. The third kappa shape index (κ3) is 3.43. The molecule has 0 aliphatic heterocycles. The largest absolute Gasteiger partial charge is 0.336 e. The standard InChI is InChI=1S/C16H15ClN4OS/c1-11-18-8-13(23-11)10-20(2)16(22)12-7-19-21(9-12)15-6-4-3-5-14(15)17/h3-9H,10H2,1-2H3. The zero-order valence-corrected chi connectivity index (χ0v) is 14.3. The van der Waals surface area contributed by atoms with E-state index in [4.69, 9.17) is 11.6 Å². The molecule has 0 atom stereocenters. The Labute approximate surface area is 143 Å². The monoisotopic (exact) mass is 346 g/mol. The van der Waals surface area contributed by atoms with Crippen LogP contribution in [-0.2, 0) is 6.54 Å². The average molecular weight is 347 g/mol. The summed E-state index contributed by atoms with van der Waals surface area (Å²) in [5, 5.41) is 5.82. The van der Waals surface area contributed by atoms with Gasteiger partial charge < -0.3 is 4.90 Å². The van der Waals surface area contributed by atoms with E-state index in [1.807, 2.05) is 25.1 Å². The summed E-state index contributed by atoms with van der Waals surface area (Å²) in [6.45, 7) is 2.48. The number of para-hydroxylation sites is 1. The van der Waals surface area contributed by atoms with Gasteiger partial charge in [-0.05, 0) is 19.1 Å². The van der Waals surface area contributed by atoms with Crippen LogP contribution in [0.1, 0.15) is 20.2 Å². The first-order valence-corrected chi connectivity index (χ1v) is 8.20. The van der Waals surface area contributed by atoms with Crippen molar-refractivity contribution in [3.05, 3.63) is 63.3 Å². The fourth-order valence-corrected chi connectivity index (χ4v) is 3.28. The zero-order chi connectivity index (χ0) is 16.4. The molecule has 3 rings (SSSR count). The lowest BCUT2D eigenvalue weighted by molar-refractivity contribution is 0.0786. The smallest absolute Gasteiger partial charge is 0.257 e. The minimum Gasteiger partial charge on any atom is -0.336 e. The highest BCUT2D eigenvalue weighted by molar-refractivity contribution is 7.11. The van der Waals surface area contributed by atoms with Crippen molar-refractivity contribution in [1.29, 1.82) is 0 Å². The summed E-state index contributed by atoms with van der Waals surface area (Å²) in [5.41, 5.74) is 1.27. The van der Waals surface area contributed by atoms with E-state index >= 15 is 0 Å². The number of thiazole rings is 1. The van der Waals surface area contributed by atoms with E-state index in [0.29, 0.717) is 17.1 Å². The van der Waals surface area contributed by atoms with Gasteiger partial charge in [0.2, 0.25) is 0 Å². The molecular formula is C16H15ClN4OS. The third-order valence-electron chi connectivity index (χ3n) is 3.34. The van der Waals surface area contributed by atoms with Crippen LogP contribution in [0.25, 0.3) is 5.69 Å². The van der Waals surface area contributed by atoms with Crippen LogP contribution >= 0.6 is 22.9 Å². The highest BCUT2D eigenvalue weighted by Crippen LogP contribution is 2.20. The van der Waals surface area contributed by atoms with Gasteiger partial charge in [0.05, 0.1) is 34.0 Å². The highest BCUT2D eigenvalue weighted by atomic mass is 35.5. The Bertz CT molecular complexity index is 842. The lowest BCUT2D eigenvalue weighted by atomic mass is 10.3. The van der Waals surface area contributed by atoms with Crippen LogP contribution in [-0.4, -0.2) is 32.6 Å². The topological polar surface area (TPSA) is 51.0 Å². The summed E-state index contributed by atoms with van der Waals surface area (Å²) in [6.07, 6.45) is 5.05. The number of nitrogens with zero attached hydrogens (tertiary/aromatic N) is 4. The zero-order valence-electron chi connectivity index (χ0n) is 12.7. The molecule has 0 bridgehead atoms. The van der Waals surface area contributed by atoms with Crippen molar-refractivity contribution in [2.75, 3.05) is 7.05 Å². The van der Waals surface area contributed by atoms with Gasteiger partial charge in [0.25, 0.3) is 5.91 Å². The van der Waals surface area contributed by atoms with Crippen LogP contribution in [0.5, 0.6) is 0 Å². The van der Waals surface area contributed by atoms with Gasteiger partial charge in [0, 0.05) is 24.3 Å². The van der Waals surface area contributed by atoms with Crippen LogP contribution in [0, 0.1) is 6.92 Å². The maximum absolute atomic E-state index is 12.5. The first-order valence-electron chi connectivity index (χ1n) is 7.01. The van der Waals surface area contributed by atoms with E-state index in [-0.39, 0.29) is 5.91 Å². The summed E-state index contributed by atoms with van der Waals surface area (Å²) in [7, 11) is 1.77. The number of hydrogen-bond donors (Lipinski definition) is 0. The molecule has 0 N–H and O–H groups in total. The van der Waals surface area contributed by atoms with Crippen molar-refractivity contribution >= 4 is 28.8 Å². The lowest BCUT2D eigenvalue weighted by Crippen LogP contribution is -2.25. The molecule has 1 aromatic carbocycles. The Hall–Kier alpha value is -2.18. The lowest BCUT2D eigenvalue weighted by Gasteiger charge is -2.14. The maximum atomic E-state index is 12.5. The molecule has 5 nitrogen and oxygen atoms in total. The number of carbonyl (C=O) groups is 1. The molecule has 23 heavy (non-hydrogen) atoms. The van der Waals surface area contributed by atoms with Gasteiger partial charge in [-0.25, -0.2) is 9.67 Å². The number of benzene rings is 1. The second kappa shape index (κ2) is 6.52. The van der Waals surface area contributed by atoms with E-state index in [9.17, 15) is 4.79 Å². The Balaban J connectivity index is 1.77. The Morgan fingerprint density at radius 3 is 2.83 bits per heavy atom. The second-order valence-corrected chi connectivity index (χ2v) is 6.86. The number of amides is 1. The Morgan fingerprint density at radius 1 is 1.35 bits per heavy atom. The number of halogens is 1. The van der Waals surface area contributed by atoms with Crippen LogP contribution in [0.3, 0.4) is 0 Å². The molecule has 2 heterocycles. The fourth-order valence-electron chi connectivity index (χ4n) is 2.21. The average Bonchev–Trinajstić information content (AvgIpc) is 3.16. The second-order valence-electron chi connectivity index (χ2n) is 5.13. The minimum atomic E-state index is -0.0886. The summed E-state index contributed by atoms with van der Waals surface area (Å²) >= 11 is 7.75. The van der Waals surface area contributed by atoms with Crippen molar-refractivity contribution in [2.24, 2.45) is 0 Å². The third-order valence-corrected chi connectivity index (χ3v) is 4.55. The number of carbonyl (C=O) groups excluding carboxylic acids is 1. The molecular weight excluding hydrogens is 332 g/mol. The van der Waals surface area contributed by atoms with Crippen LogP contribution < -0.4 is 0 Å². The number of aryl methyl sites for hydroxylation is 1. The van der Waals surface area contributed by atoms with Crippen molar-refractivity contribution in [3.63, 3.8) is 0 Å². The van der Waals surface area contributed by atoms with E-state index in [1.54, 1.807) is 52.6 Å². The van der Waals surface area contributed by atoms with Gasteiger partial charge in [0.15, 0.2) is 0 Å². The number of rotatable bonds is 4. The maximum Gasteiger partial charge on any atom is 0.257 e. The van der Waals surface area contributed by atoms with Gasteiger partial charge in [-0.15, -0.1) is 11.3 Å². The molecule has 2 aromatic heterocycles. The highest BCUT2D eigenvalue weighted by Gasteiger charge is 2.16. The van der Waals surface area contributed by atoms with Gasteiger partial charge in [0.1, 0.15) is 0 Å². The van der Waals surface area contributed by atoms with Crippen molar-refractivity contribution < 1.29 is 4.79 Å². The van der Waals surface area contributed by atoms with Crippen molar-refractivity contribution in [1.82, 2.24) is 19.7 Å². The SMILES string of the molecule is Cc1ncc(CN(C)C(=O)c2cnn(-c3ccccc3Cl)c2)s1. The van der Waals surface area contributed by atoms with Crippen LogP contribution in [0.15, 0.2) is 42.9 Å². The Kier molecular flexibility index (Phi) is 4.45. The minimum absolute atomic E-state index is 0.0886.